The Morgan fingerprint density at radius 3 is 2.50 bits per heavy atom. The van der Waals surface area contributed by atoms with Crippen molar-refractivity contribution in [3.05, 3.63) is 59.4 Å². The van der Waals surface area contributed by atoms with Crippen molar-refractivity contribution in [3.8, 4) is 11.8 Å². The molecule has 246 valence electrons. The molecule has 1 aromatic carbocycles. The molecule has 0 saturated carbocycles. The Kier molecular flexibility index (Phi) is 11.3. The van der Waals surface area contributed by atoms with Crippen LogP contribution in [0.25, 0.3) is 12.2 Å². The quantitative estimate of drug-likeness (QED) is 0.386. The van der Waals surface area contributed by atoms with Gasteiger partial charge in [-0.05, 0) is 51.0 Å². The van der Waals surface area contributed by atoms with E-state index in [-0.39, 0.29) is 11.7 Å². The number of ether oxygens (including phenoxy) is 2. The van der Waals surface area contributed by atoms with Gasteiger partial charge < -0.3 is 24.6 Å². The number of piperazine rings is 1. The molecule has 2 fully saturated rings. The number of nitrogens with one attached hydrogen (secondary N) is 1. The molecule has 2 saturated heterocycles. The summed E-state index contributed by atoms with van der Waals surface area (Å²) < 4.78 is 38.7. The van der Waals surface area contributed by atoms with Gasteiger partial charge in [-0.1, -0.05) is 24.3 Å². The lowest BCUT2D eigenvalue weighted by Crippen LogP contribution is -2.50. The number of alkyl halides is 2. The smallest absolute Gasteiger partial charge is 0.410 e. The molecule has 1 N–H and O–H groups in total. The molecule has 46 heavy (non-hydrogen) atoms. The zero-order valence-corrected chi connectivity index (χ0v) is 26.4. The normalized spacial score (nSPS) is 18.3. The van der Waals surface area contributed by atoms with Crippen LogP contribution in [0.3, 0.4) is 0 Å². The van der Waals surface area contributed by atoms with Crippen molar-refractivity contribution in [2.45, 2.75) is 51.2 Å². The Hall–Kier alpha value is -4.57. The van der Waals surface area contributed by atoms with Gasteiger partial charge in [0.15, 0.2) is 0 Å². The molecule has 3 heterocycles. The molecule has 2 aliphatic heterocycles. The largest absolute Gasteiger partial charge is 0.494 e. The van der Waals surface area contributed by atoms with Crippen molar-refractivity contribution < 1.29 is 32.6 Å². The number of hydrogen-bond donors (Lipinski definition) is 1. The van der Waals surface area contributed by atoms with Crippen molar-refractivity contribution in [3.63, 3.8) is 0 Å². The fraction of sp³-hybridized carbons (Fsp3) is 0.485. The minimum atomic E-state index is -3.13. The summed E-state index contributed by atoms with van der Waals surface area (Å²) in [5, 5.41) is 11.6. The van der Waals surface area contributed by atoms with Crippen LogP contribution in [0.4, 0.5) is 13.6 Å². The Morgan fingerprint density at radius 2 is 1.83 bits per heavy atom. The van der Waals surface area contributed by atoms with E-state index < -0.39 is 48.9 Å². The lowest BCUT2D eigenvalue weighted by Gasteiger charge is -2.35. The van der Waals surface area contributed by atoms with E-state index >= 15 is 0 Å². The monoisotopic (exact) mass is 638 g/mol. The summed E-state index contributed by atoms with van der Waals surface area (Å²) in [6, 6.07) is 9.48. The topological polar surface area (TPSA) is 128 Å². The number of pyridine rings is 1. The predicted octanol–water partition coefficient (Wildman–Crippen LogP) is 4.06. The number of amides is 3. The lowest BCUT2D eigenvalue weighted by atomic mass is 10.1. The molecule has 11 nitrogen and oxygen atoms in total. The molecule has 0 spiro atoms. The summed E-state index contributed by atoms with van der Waals surface area (Å²) in [7, 11) is 0. The number of rotatable bonds is 10. The maximum atomic E-state index is 13.7. The second kappa shape index (κ2) is 15.1. The Labute approximate surface area is 267 Å². The van der Waals surface area contributed by atoms with Gasteiger partial charge in [-0.2, -0.15) is 5.26 Å². The van der Waals surface area contributed by atoms with Gasteiger partial charge in [-0.3, -0.25) is 19.5 Å². The minimum absolute atomic E-state index is 0.258. The van der Waals surface area contributed by atoms with Crippen molar-refractivity contribution in [2.24, 2.45) is 0 Å². The maximum absolute atomic E-state index is 13.7. The number of nitrogens with zero attached hydrogens (tertiary/aromatic N) is 5. The van der Waals surface area contributed by atoms with Crippen LogP contribution in [-0.2, 0) is 9.53 Å². The van der Waals surface area contributed by atoms with E-state index in [9.17, 15) is 23.2 Å². The van der Waals surface area contributed by atoms with Crippen LogP contribution in [0.5, 0.6) is 5.75 Å². The highest BCUT2D eigenvalue weighted by Crippen LogP contribution is 2.31. The first-order chi connectivity index (χ1) is 21.8. The zero-order chi connectivity index (χ0) is 33.3. The number of hydrogen-bond acceptors (Lipinski definition) is 8. The molecule has 2 aromatic rings. The van der Waals surface area contributed by atoms with Crippen LogP contribution < -0.4 is 10.1 Å². The standard InChI is InChI=1S/C33H40F2N6O5/c1-32(2,3)46-31(44)40-16-14-39(15-17-40)13-4-18-45-27-9-6-24(7-10-27)5-8-25-21-37-12-11-28(25)30(43)38-22-29(42)41-23-33(34,35)19-26(41)20-36/h5-12,21,26H,4,13-19,22-23H2,1-3H3,(H,38,43)/b8-5+/t26-/m0/s1. The molecule has 2 aliphatic rings. The summed E-state index contributed by atoms with van der Waals surface area (Å²) in [6.07, 6.45) is 6.34. The first kappa shape index (κ1) is 34.3. The number of nitriles is 1. The van der Waals surface area contributed by atoms with Crippen molar-refractivity contribution in [1.82, 2.24) is 25.0 Å². The molecule has 0 radical (unpaired) electrons. The first-order valence-electron chi connectivity index (χ1n) is 15.2. The molecular weight excluding hydrogens is 598 g/mol. The second-order valence-corrected chi connectivity index (χ2v) is 12.3. The van der Waals surface area contributed by atoms with Gasteiger partial charge in [0.1, 0.15) is 17.4 Å². The number of carbonyl (C=O) groups is 3. The van der Waals surface area contributed by atoms with Gasteiger partial charge in [0.05, 0.1) is 25.8 Å². The Balaban J connectivity index is 1.20. The summed E-state index contributed by atoms with van der Waals surface area (Å²) >= 11 is 0. The van der Waals surface area contributed by atoms with E-state index in [2.05, 4.69) is 15.2 Å². The van der Waals surface area contributed by atoms with E-state index in [1.54, 1.807) is 17.0 Å². The third-order valence-corrected chi connectivity index (χ3v) is 7.48. The van der Waals surface area contributed by atoms with Crippen LogP contribution in [-0.4, -0.2) is 108 Å². The average molecular weight is 639 g/mol. The second-order valence-electron chi connectivity index (χ2n) is 12.3. The number of benzene rings is 1. The lowest BCUT2D eigenvalue weighted by molar-refractivity contribution is -0.131. The molecule has 1 aromatic heterocycles. The highest BCUT2D eigenvalue weighted by molar-refractivity contribution is 6.00. The van der Waals surface area contributed by atoms with E-state index in [1.165, 1.54) is 18.5 Å². The molecule has 0 bridgehead atoms. The molecule has 3 amide bonds. The van der Waals surface area contributed by atoms with Gasteiger partial charge in [-0.15, -0.1) is 0 Å². The van der Waals surface area contributed by atoms with Gasteiger partial charge in [0, 0.05) is 62.7 Å². The molecule has 0 aliphatic carbocycles. The van der Waals surface area contributed by atoms with Gasteiger partial charge in [-0.25, -0.2) is 13.6 Å². The maximum Gasteiger partial charge on any atom is 0.410 e. The van der Waals surface area contributed by atoms with Crippen molar-refractivity contribution in [2.75, 3.05) is 52.4 Å². The van der Waals surface area contributed by atoms with E-state index in [0.717, 1.165) is 42.3 Å². The molecule has 4 rings (SSSR count). The van der Waals surface area contributed by atoms with Gasteiger partial charge in [0.2, 0.25) is 5.91 Å². The SMILES string of the molecule is CC(C)(C)OC(=O)N1CCN(CCCOc2ccc(/C=C/c3cnccc3C(=O)NCC(=O)N3CC(F)(F)C[C@H]3C#N)cc2)CC1. The number of halogens is 2. The summed E-state index contributed by atoms with van der Waals surface area (Å²) in [6.45, 7) is 8.52. The number of carbonyl (C=O) groups excluding carboxylic acids is 3. The van der Waals surface area contributed by atoms with Crippen molar-refractivity contribution >= 4 is 30.1 Å². The van der Waals surface area contributed by atoms with Crippen LogP contribution in [0, 0.1) is 11.3 Å². The van der Waals surface area contributed by atoms with E-state index in [4.69, 9.17) is 14.7 Å². The van der Waals surface area contributed by atoms with Crippen LogP contribution in [0.2, 0.25) is 0 Å². The van der Waals surface area contributed by atoms with Crippen LogP contribution in [0.15, 0.2) is 42.7 Å². The predicted molar refractivity (Wildman–Crippen MR) is 167 cm³/mol. The summed E-state index contributed by atoms with van der Waals surface area (Å²) in [4.78, 5) is 46.5. The molecule has 0 unspecified atom stereocenters. The van der Waals surface area contributed by atoms with E-state index in [1.807, 2.05) is 51.1 Å². The summed E-state index contributed by atoms with van der Waals surface area (Å²) in [5.74, 6) is -3.71. The number of aromatic nitrogens is 1. The Bertz CT molecular complexity index is 1450. The van der Waals surface area contributed by atoms with E-state index in [0.29, 0.717) is 25.3 Å². The van der Waals surface area contributed by atoms with Crippen molar-refractivity contribution in [1.29, 1.82) is 5.26 Å². The first-order valence-corrected chi connectivity index (χ1v) is 15.2. The average Bonchev–Trinajstić information content (AvgIpc) is 3.35. The highest BCUT2D eigenvalue weighted by atomic mass is 19.3. The fourth-order valence-electron chi connectivity index (χ4n) is 5.11. The third-order valence-electron chi connectivity index (χ3n) is 7.48. The van der Waals surface area contributed by atoms with Gasteiger partial charge >= 0.3 is 6.09 Å². The third kappa shape index (κ3) is 9.97. The van der Waals surface area contributed by atoms with Crippen LogP contribution in [0.1, 0.15) is 55.1 Å². The molecule has 1 atom stereocenters. The highest BCUT2D eigenvalue weighted by Gasteiger charge is 2.47. The molecule has 13 heteroatoms. The minimum Gasteiger partial charge on any atom is -0.494 e. The Morgan fingerprint density at radius 1 is 1.11 bits per heavy atom. The summed E-state index contributed by atoms with van der Waals surface area (Å²) in [5.41, 5.74) is 1.12. The fourth-order valence-corrected chi connectivity index (χ4v) is 5.11. The van der Waals surface area contributed by atoms with Crippen LogP contribution >= 0.6 is 0 Å². The number of likely N-dealkylation sites (tertiary alicyclic amines) is 1. The zero-order valence-electron chi connectivity index (χ0n) is 26.4. The molecular formula is C33H40F2N6O5. The van der Waals surface area contributed by atoms with Gasteiger partial charge in [0.25, 0.3) is 11.8 Å².